The smallest absolute Gasteiger partial charge is 0.326 e. The predicted octanol–water partition coefficient (Wildman–Crippen LogP) is 2.57. The number of urea groups is 1. The second kappa shape index (κ2) is 6.33. The molecule has 21 heavy (non-hydrogen) atoms. The van der Waals surface area contributed by atoms with E-state index in [0.717, 1.165) is 10.5 Å². The lowest BCUT2D eigenvalue weighted by Gasteiger charge is -2.22. The van der Waals surface area contributed by atoms with Gasteiger partial charge in [-0.15, -0.1) is 0 Å². The van der Waals surface area contributed by atoms with Crippen molar-refractivity contribution in [3.8, 4) is 0 Å². The molecule has 114 valence electrons. The third-order valence-corrected chi connectivity index (χ3v) is 4.49. The second-order valence-corrected chi connectivity index (χ2v) is 6.64. The molecule has 0 radical (unpaired) electrons. The van der Waals surface area contributed by atoms with Gasteiger partial charge in [0.15, 0.2) is 0 Å². The van der Waals surface area contributed by atoms with Gasteiger partial charge in [-0.25, -0.2) is 9.59 Å². The van der Waals surface area contributed by atoms with E-state index in [1.165, 1.54) is 0 Å². The van der Waals surface area contributed by atoms with E-state index in [1.807, 2.05) is 19.1 Å². The van der Waals surface area contributed by atoms with Crippen molar-refractivity contribution < 1.29 is 19.8 Å². The average molecular weight is 422 g/mol. The van der Waals surface area contributed by atoms with Crippen molar-refractivity contribution in [1.29, 1.82) is 0 Å². The van der Waals surface area contributed by atoms with Crippen LogP contribution in [-0.2, 0) is 4.79 Å². The van der Waals surface area contributed by atoms with Gasteiger partial charge in [-0.2, -0.15) is 0 Å². The number of aliphatic carboxylic acids is 1. The molecule has 2 rings (SSSR count). The number of hydrogen-bond donors (Lipinski definition) is 3. The van der Waals surface area contributed by atoms with Crippen LogP contribution in [0.2, 0.25) is 0 Å². The van der Waals surface area contributed by atoms with Gasteiger partial charge in [-0.3, -0.25) is 0 Å². The number of aliphatic hydroxyl groups excluding tert-OH is 1. The average Bonchev–Trinajstić information content (AvgIpc) is 2.76. The molecule has 1 fully saturated rings. The maximum absolute atomic E-state index is 12.3. The quantitative estimate of drug-likeness (QED) is 0.684. The van der Waals surface area contributed by atoms with Gasteiger partial charge in [0.05, 0.1) is 11.8 Å². The number of nitrogens with zero attached hydrogens (tertiary/aromatic N) is 1. The Morgan fingerprint density at radius 2 is 1.90 bits per heavy atom. The molecule has 0 spiro atoms. The lowest BCUT2D eigenvalue weighted by Crippen LogP contribution is -2.43. The molecule has 1 aliphatic rings. The fourth-order valence-corrected chi connectivity index (χ4v) is 3.88. The number of carboxylic acid groups (broad SMARTS) is 1. The number of amides is 2. The summed E-state index contributed by atoms with van der Waals surface area (Å²) in [5.41, 5.74) is 1.53. The Labute approximate surface area is 138 Å². The van der Waals surface area contributed by atoms with Crippen molar-refractivity contribution in [3.63, 3.8) is 0 Å². The van der Waals surface area contributed by atoms with Gasteiger partial charge in [0, 0.05) is 21.9 Å². The Morgan fingerprint density at radius 3 is 2.43 bits per heavy atom. The molecule has 2 amide bonds. The van der Waals surface area contributed by atoms with Crippen LogP contribution in [0.4, 0.5) is 10.5 Å². The number of carboxylic acids is 1. The number of halogens is 2. The highest BCUT2D eigenvalue weighted by Gasteiger charge is 2.39. The van der Waals surface area contributed by atoms with Crippen molar-refractivity contribution >= 4 is 49.5 Å². The normalized spacial score (nSPS) is 21.4. The fourth-order valence-electron chi connectivity index (χ4n) is 2.27. The van der Waals surface area contributed by atoms with E-state index in [1.54, 1.807) is 0 Å². The van der Waals surface area contributed by atoms with Crippen LogP contribution in [-0.4, -0.2) is 45.8 Å². The number of likely N-dealkylation sites (tertiary alicyclic amines) is 1. The first-order chi connectivity index (χ1) is 9.79. The van der Waals surface area contributed by atoms with E-state index in [-0.39, 0.29) is 13.0 Å². The number of β-amino-alcohol motifs (C(OH)–C–C–N with tert-alkyl or cyclic N) is 1. The number of hydrogen-bond acceptors (Lipinski definition) is 3. The van der Waals surface area contributed by atoms with Crippen LogP contribution < -0.4 is 5.32 Å². The summed E-state index contributed by atoms with van der Waals surface area (Å²) in [4.78, 5) is 24.5. The number of nitrogens with one attached hydrogen (secondary N) is 1. The van der Waals surface area contributed by atoms with Crippen LogP contribution in [0.25, 0.3) is 0 Å². The van der Waals surface area contributed by atoms with Gasteiger partial charge in [0.1, 0.15) is 6.04 Å². The molecule has 1 heterocycles. The van der Waals surface area contributed by atoms with Crippen molar-refractivity contribution in [2.75, 3.05) is 11.9 Å². The zero-order chi connectivity index (χ0) is 15.7. The molecule has 2 atom stereocenters. The molecule has 1 aromatic carbocycles. The van der Waals surface area contributed by atoms with Crippen molar-refractivity contribution in [1.82, 2.24) is 4.90 Å². The van der Waals surface area contributed by atoms with E-state index in [4.69, 9.17) is 5.11 Å². The monoisotopic (exact) mass is 420 g/mol. The molecule has 0 aliphatic carbocycles. The summed E-state index contributed by atoms with van der Waals surface area (Å²) in [6.07, 6.45) is -0.777. The van der Waals surface area contributed by atoms with Crippen molar-refractivity contribution in [2.45, 2.75) is 25.5 Å². The molecule has 1 aliphatic heterocycles. The highest BCUT2D eigenvalue weighted by Crippen LogP contribution is 2.33. The summed E-state index contributed by atoms with van der Waals surface area (Å²) >= 11 is 6.72. The number of carbonyl (C=O) groups is 2. The van der Waals surface area contributed by atoms with Crippen LogP contribution in [0.15, 0.2) is 21.1 Å². The van der Waals surface area contributed by atoms with Gasteiger partial charge in [-0.1, -0.05) is 0 Å². The summed E-state index contributed by atoms with van der Waals surface area (Å²) in [7, 11) is 0. The van der Waals surface area contributed by atoms with Crippen LogP contribution in [0, 0.1) is 6.92 Å². The summed E-state index contributed by atoms with van der Waals surface area (Å²) < 4.78 is 1.38. The third kappa shape index (κ3) is 3.56. The minimum absolute atomic E-state index is 0.00387. The Kier molecular flexibility index (Phi) is 4.90. The number of benzene rings is 1. The number of carbonyl (C=O) groups excluding carboxylic acids is 1. The van der Waals surface area contributed by atoms with Crippen LogP contribution in [0.3, 0.4) is 0 Å². The van der Waals surface area contributed by atoms with E-state index in [2.05, 4.69) is 37.2 Å². The summed E-state index contributed by atoms with van der Waals surface area (Å²) in [6.45, 7) is 1.92. The zero-order valence-corrected chi connectivity index (χ0v) is 14.3. The Morgan fingerprint density at radius 1 is 1.33 bits per heavy atom. The van der Waals surface area contributed by atoms with E-state index < -0.39 is 24.1 Å². The maximum atomic E-state index is 12.3. The largest absolute Gasteiger partial charge is 0.480 e. The minimum atomic E-state index is -1.12. The summed E-state index contributed by atoms with van der Waals surface area (Å²) in [6, 6.07) is 2.12. The number of aliphatic hydroxyl groups is 1. The molecule has 1 saturated heterocycles. The molecule has 3 N–H and O–H groups in total. The zero-order valence-electron chi connectivity index (χ0n) is 11.1. The first kappa shape index (κ1) is 16.3. The second-order valence-electron chi connectivity index (χ2n) is 4.93. The van der Waals surface area contributed by atoms with Crippen LogP contribution in [0.1, 0.15) is 12.0 Å². The van der Waals surface area contributed by atoms with Crippen molar-refractivity contribution in [3.05, 3.63) is 26.6 Å². The third-order valence-electron chi connectivity index (χ3n) is 3.24. The van der Waals surface area contributed by atoms with Crippen molar-refractivity contribution in [2.24, 2.45) is 0 Å². The molecule has 1 aromatic rings. The van der Waals surface area contributed by atoms with Crippen LogP contribution in [0.5, 0.6) is 0 Å². The number of aryl methyl sites for hydroxylation is 1. The molecule has 8 heteroatoms. The highest BCUT2D eigenvalue weighted by molar-refractivity contribution is 9.11. The Balaban J connectivity index is 2.20. The highest BCUT2D eigenvalue weighted by atomic mass is 79.9. The molecule has 6 nitrogen and oxygen atoms in total. The van der Waals surface area contributed by atoms with Gasteiger partial charge >= 0.3 is 12.0 Å². The summed E-state index contributed by atoms with van der Waals surface area (Å²) in [5, 5.41) is 21.4. The Bertz CT molecular complexity index is 571. The van der Waals surface area contributed by atoms with Gasteiger partial charge in [0.25, 0.3) is 0 Å². The van der Waals surface area contributed by atoms with Gasteiger partial charge < -0.3 is 20.4 Å². The van der Waals surface area contributed by atoms with E-state index >= 15 is 0 Å². The molecule has 0 saturated carbocycles. The molecular formula is C13H14Br2N2O4. The summed E-state index contributed by atoms with van der Waals surface area (Å²) in [5.74, 6) is -1.12. The molecule has 0 bridgehead atoms. The Hall–Kier alpha value is -1.12. The van der Waals surface area contributed by atoms with E-state index in [0.29, 0.717) is 14.6 Å². The lowest BCUT2D eigenvalue weighted by molar-refractivity contribution is -0.141. The van der Waals surface area contributed by atoms with Gasteiger partial charge in [-0.05, 0) is 56.5 Å². The molecular weight excluding hydrogens is 408 g/mol. The first-order valence-corrected chi connectivity index (χ1v) is 7.82. The SMILES string of the molecule is Cc1cc(Br)c(NC(=O)N2CC(O)CC2C(=O)O)c(Br)c1. The lowest BCUT2D eigenvalue weighted by atomic mass is 10.2. The minimum Gasteiger partial charge on any atom is -0.480 e. The topological polar surface area (TPSA) is 89.9 Å². The standard InChI is InChI=1S/C13H14Br2N2O4/c1-6-2-8(14)11(9(15)3-6)16-13(21)17-5-7(18)4-10(17)12(19)20/h2-3,7,10,18H,4-5H2,1H3,(H,16,21)(H,19,20). The molecule has 2 unspecified atom stereocenters. The predicted molar refractivity (Wildman–Crippen MR) is 84.4 cm³/mol. The maximum Gasteiger partial charge on any atom is 0.326 e. The molecule has 0 aromatic heterocycles. The number of rotatable bonds is 2. The first-order valence-electron chi connectivity index (χ1n) is 6.23. The number of anilines is 1. The van der Waals surface area contributed by atoms with Gasteiger partial charge in [0.2, 0.25) is 0 Å². The van der Waals surface area contributed by atoms with E-state index in [9.17, 15) is 14.7 Å². The van der Waals surface area contributed by atoms with Crippen LogP contribution >= 0.6 is 31.9 Å². The fraction of sp³-hybridized carbons (Fsp3) is 0.385.